The monoisotopic (exact) mass is 404 g/mol. The lowest BCUT2D eigenvalue weighted by molar-refractivity contribution is 0.180. The molecule has 0 aromatic heterocycles. The molecule has 5 rings (SSSR count). The Hall–Kier alpha value is -1.97. The van der Waals surface area contributed by atoms with Crippen LogP contribution in [0.5, 0.6) is 0 Å². The molecule has 8 bridgehead atoms. The zero-order valence-electron chi connectivity index (χ0n) is 19.7. The third-order valence-electron chi connectivity index (χ3n) is 8.21. The summed E-state index contributed by atoms with van der Waals surface area (Å²) in [6, 6.07) is 0.250. The second-order valence-corrected chi connectivity index (χ2v) is 12.1. The number of fused-ring (bicyclic) bond motifs is 6. The van der Waals surface area contributed by atoms with Crippen molar-refractivity contribution in [3.8, 4) is 0 Å². The quantitative estimate of drug-likeness (QED) is 0.547. The summed E-state index contributed by atoms with van der Waals surface area (Å²) in [5.41, 5.74) is 7.39. The van der Waals surface area contributed by atoms with Gasteiger partial charge in [-0.2, -0.15) is 0 Å². The second kappa shape index (κ2) is 6.05. The Balaban J connectivity index is 1.69. The Morgan fingerprint density at radius 3 is 2.37 bits per heavy atom. The van der Waals surface area contributed by atoms with E-state index in [1.807, 2.05) is 0 Å². The number of hydrogen-bond acceptors (Lipinski definition) is 4. The molecule has 0 saturated carbocycles. The smallest absolute Gasteiger partial charge is 0.0860 e. The summed E-state index contributed by atoms with van der Waals surface area (Å²) in [6.45, 7) is 16.3. The van der Waals surface area contributed by atoms with Gasteiger partial charge in [0.25, 0.3) is 0 Å². The Morgan fingerprint density at radius 2 is 1.60 bits per heavy atom. The molecule has 0 aromatic rings. The lowest BCUT2D eigenvalue weighted by Gasteiger charge is -2.39. The molecule has 0 amide bonds. The Kier molecular flexibility index (Phi) is 4.02. The molecule has 1 N–H and O–H groups in total. The summed E-state index contributed by atoms with van der Waals surface area (Å²) in [7, 11) is 0. The van der Waals surface area contributed by atoms with Crippen molar-refractivity contribution < 1.29 is 0 Å². The van der Waals surface area contributed by atoms with Gasteiger partial charge in [0, 0.05) is 51.5 Å². The standard InChI is InChI=1S/C26H36N4/c1-23(2)13-17-10-16-8-9-20(27-16)26(7)25(5,6)15-19(30-26)12-22-24(3,4)14-18(29-22)11-21(23)28-17/h10-12,20,28H,8-9,13-15H2,1-7H3/b17-10-,21-11-,22-12-. The molecule has 2 unspecified atom stereocenters. The Bertz CT molecular complexity index is 996. The molecule has 4 heteroatoms. The van der Waals surface area contributed by atoms with Gasteiger partial charge in [-0.15, -0.1) is 0 Å². The minimum atomic E-state index is -0.166. The zero-order valence-corrected chi connectivity index (χ0v) is 19.7. The van der Waals surface area contributed by atoms with Gasteiger partial charge in [0.05, 0.1) is 11.6 Å². The van der Waals surface area contributed by atoms with E-state index in [1.54, 1.807) is 0 Å². The molecular formula is C26H36N4. The van der Waals surface area contributed by atoms with E-state index in [4.69, 9.17) is 15.0 Å². The molecule has 0 radical (unpaired) electrons. The van der Waals surface area contributed by atoms with E-state index in [1.165, 1.54) is 34.2 Å². The highest BCUT2D eigenvalue weighted by atomic mass is 15.0. The summed E-state index contributed by atoms with van der Waals surface area (Å²) in [4.78, 5) is 15.6. The highest BCUT2D eigenvalue weighted by Gasteiger charge is 2.52. The van der Waals surface area contributed by atoms with E-state index in [0.29, 0.717) is 0 Å². The van der Waals surface area contributed by atoms with Gasteiger partial charge in [-0.3, -0.25) is 15.0 Å². The van der Waals surface area contributed by atoms with E-state index in [0.717, 1.165) is 32.1 Å². The molecule has 0 aliphatic carbocycles. The summed E-state index contributed by atoms with van der Waals surface area (Å²) in [5, 5.41) is 3.72. The van der Waals surface area contributed by atoms with Gasteiger partial charge in [0.15, 0.2) is 0 Å². The molecule has 1 saturated heterocycles. The maximum absolute atomic E-state index is 5.33. The molecule has 30 heavy (non-hydrogen) atoms. The van der Waals surface area contributed by atoms with Crippen LogP contribution in [-0.2, 0) is 0 Å². The maximum atomic E-state index is 5.33. The third-order valence-corrected chi connectivity index (χ3v) is 8.21. The van der Waals surface area contributed by atoms with E-state index in [2.05, 4.69) is 72.0 Å². The Labute approximate surface area is 181 Å². The van der Waals surface area contributed by atoms with E-state index >= 15 is 0 Å². The van der Waals surface area contributed by atoms with Crippen LogP contribution < -0.4 is 5.32 Å². The van der Waals surface area contributed by atoms with Crippen molar-refractivity contribution in [2.45, 2.75) is 92.2 Å². The first-order valence-electron chi connectivity index (χ1n) is 11.5. The van der Waals surface area contributed by atoms with Crippen molar-refractivity contribution in [3.05, 3.63) is 35.3 Å². The van der Waals surface area contributed by atoms with Crippen molar-refractivity contribution in [2.75, 3.05) is 0 Å². The number of allylic oxidation sites excluding steroid dienone is 6. The summed E-state index contributed by atoms with van der Waals surface area (Å²) >= 11 is 0. The predicted molar refractivity (Wildman–Crippen MR) is 126 cm³/mol. The van der Waals surface area contributed by atoms with Crippen LogP contribution in [0.3, 0.4) is 0 Å². The van der Waals surface area contributed by atoms with Crippen LogP contribution in [0.25, 0.3) is 0 Å². The van der Waals surface area contributed by atoms with Crippen molar-refractivity contribution in [1.82, 2.24) is 5.32 Å². The second-order valence-electron chi connectivity index (χ2n) is 12.1. The highest BCUT2D eigenvalue weighted by molar-refractivity contribution is 6.03. The number of rotatable bonds is 0. The molecule has 160 valence electrons. The summed E-state index contributed by atoms with van der Waals surface area (Å²) in [5.74, 6) is 0. The SMILES string of the molecule is CC1(C)CC2=NC/1=C\C1=NC(C)(C3CCC(=N3)/C=C3/CC(C)(C)/C(=C/2)N3)C(C)(C)C1. The minimum absolute atomic E-state index is 0.0369. The molecule has 0 spiro atoms. The zero-order chi connectivity index (χ0) is 21.5. The van der Waals surface area contributed by atoms with Gasteiger partial charge in [-0.25, -0.2) is 0 Å². The van der Waals surface area contributed by atoms with E-state index < -0.39 is 0 Å². The van der Waals surface area contributed by atoms with Crippen LogP contribution in [0, 0.1) is 16.2 Å². The first kappa shape index (κ1) is 20.0. The molecule has 1 fully saturated rings. The van der Waals surface area contributed by atoms with Crippen molar-refractivity contribution >= 4 is 17.1 Å². The molecule has 5 aliphatic heterocycles. The number of nitrogens with one attached hydrogen (secondary N) is 1. The fraction of sp³-hybridized carbons (Fsp3) is 0.654. The molecular weight excluding hydrogens is 368 g/mol. The Morgan fingerprint density at radius 1 is 0.833 bits per heavy atom. The topological polar surface area (TPSA) is 49.1 Å². The van der Waals surface area contributed by atoms with Gasteiger partial charge >= 0.3 is 0 Å². The molecule has 5 heterocycles. The fourth-order valence-electron chi connectivity index (χ4n) is 5.86. The molecule has 4 nitrogen and oxygen atoms in total. The highest BCUT2D eigenvalue weighted by Crippen LogP contribution is 2.50. The first-order chi connectivity index (χ1) is 13.9. The van der Waals surface area contributed by atoms with Gasteiger partial charge in [-0.05, 0) is 56.3 Å². The number of hydrogen-bond donors (Lipinski definition) is 1. The van der Waals surface area contributed by atoms with Crippen molar-refractivity contribution in [1.29, 1.82) is 0 Å². The van der Waals surface area contributed by atoms with E-state index in [9.17, 15) is 0 Å². The van der Waals surface area contributed by atoms with Crippen LogP contribution in [0.2, 0.25) is 0 Å². The average molecular weight is 405 g/mol. The van der Waals surface area contributed by atoms with Crippen molar-refractivity contribution in [2.24, 2.45) is 31.2 Å². The lowest BCUT2D eigenvalue weighted by atomic mass is 9.69. The normalized spacial score (nSPS) is 40.4. The summed E-state index contributed by atoms with van der Waals surface area (Å²) < 4.78 is 0. The fourth-order valence-corrected chi connectivity index (χ4v) is 5.86. The largest absolute Gasteiger partial charge is 0.362 e. The van der Waals surface area contributed by atoms with Gasteiger partial charge < -0.3 is 5.32 Å². The van der Waals surface area contributed by atoms with E-state index in [-0.39, 0.29) is 27.8 Å². The molecule has 5 aliphatic rings. The maximum Gasteiger partial charge on any atom is 0.0860 e. The van der Waals surface area contributed by atoms with Crippen LogP contribution in [0.1, 0.15) is 80.6 Å². The van der Waals surface area contributed by atoms with Gasteiger partial charge in [0.2, 0.25) is 0 Å². The minimum Gasteiger partial charge on any atom is -0.362 e. The lowest BCUT2D eigenvalue weighted by Crippen LogP contribution is -2.45. The third kappa shape index (κ3) is 2.98. The molecule has 2 atom stereocenters. The van der Waals surface area contributed by atoms with Gasteiger partial charge in [0.1, 0.15) is 0 Å². The van der Waals surface area contributed by atoms with Crippen LogP contribution in [0.4, 0.5) is 0 Å². The van der Waals surface area contributed by atoms with Crippen LogP contribution in [0.15, 0.2) is 50.3 Å². The van der Waals surface area contributed by atoms with Crippen LogP contribution in [-0.4, -0.2) is 28.7 Å². The number of aliphatic imine (C=N–C) groups is 3. The van der Waals surface area contributed by atoms with Crippen molar-refractivity contribution in [3.63, 3.8) is 0 Å². The first-order valence-corrected chi connectivity index (χ1v) is 11.5. The van der Waals surface area contributed by atoms with Gasteiger partial charge in [-0.1, -0.05) is 41.5 Å². The van der Waals surface area contributed by atoms with Crippen LogP contribution >= 0.6 is 0 Å². The summed E-state index contributed by atoms with van der Waals surface area (Å²) in [6.07, 6.45) is 12.0. The average Bonchev–Trinajstić information content (AvgIpc) is 3.28. The molecule has 0 aromatic carbocycles. The number of nitrogens with zero attached hydrogens (tertiary/aromatic N) is 3. The predicted octanol–water partition coefficient (Wildman–Crippen LogP) is 5.78.